The van der Waals surface area contributed by atoms with Crippen LogP contribution in [-0.4, -0.2) is 42.5 Å². The van der Waals surface area contributed by atoms with Crippen molar-refractivity contribution < 1.29 is 53.0 Å². The first-order valence-corrected chi connectivity index (χ1v) is 4.37. The second-order valence-electron chi connectivity index (χ2n) is 3.59. The summed E-state index contributed by atoms with van der Waals surface area (Å²) in [5.41, 5.74) is 0. The summed E-state index contributed by atoms with van der Waals surface area (Å²) in [6.45, 7) is -2.63. The molecule has 0 spiro atoms. The van der Waals surface area contributed by atoms with E-state index < -0.39 is 42.5 Å². The van der Waals surface area contributed by atoms with Crippen molar-refractivity contribution in [2.24, 2.45) is 4.99 Å². The van der Waals surface area contributed by atoms with Crippen LogP contribution in [0.15, 0.2) is 4.99 Å². The fraction of sp³-hybridized carbons (Fsp3) is 0.857. The van der Waals surface area contributed by atoms with Gasteiger partial charge in [-0.3, -0.25) is 0 Å². The van der Waals surface area contributed by atoms with Crippen LogP contribution in [0.4, 0.5) is 48.3 Å². The van der Waals surface area contributed by atoms with E-state index in [1.807, 2.05) is 0 Å². The SMILES string of the molecule is FC(F)(F)COC1=NC(F)(C(F)(F)F)C(F)(F)C1(F)F. The minimum Gasteiger partial charge on any atom is -0.467 e. The van der Waals surface area contributed by atoms with Crippen LogP contribution in [0.2, 0.25) is 0 Å². The Morgan fingerprint density at radius 2 is 1.35 bits per heavy atom. The van der Waals surface area contributed by atoms with E-state index in [2.05, 4.69) is 4.74 Å². The van der Waals surface area contributed by atoms with Gasteiger partial charge in [-0.05, 0) is 0 Å². The summed E-state index contributed by atoms with van der Waals surface area (Å²) in [6, 6.07) is 0. The van der Waals surface area contributed by atoms with Crippen LogP contribution in [0.1, 0.15) is 0 Å². The predicted octanol–water partition coefficient (Wildman–Crippen LogP) is 3.48. The molecule has 2 nitrogen and oxygen atoms in total. The van der Waals surface area contributed by atoms with Crippen LogP contribution >= 0.6 is 0 Å². The maximum atomic E-state index is 13.1. The van der Waals surface area contributed by atoms with Crippen molar-refractivity contribution in [3.05, 3.63) is 0 Å². The van der Waals surface area contributed by atoms with Gasteiger partial charge in [0.25, 0.3) is 5.90 Å². The number of hydrogen-bond acceptors (Lipinski definition) is 2. The molecule has 0 amide bonds. The van der Waals surface area contributed by atoms with Crippen molar-refractivity contribution in [2.45, 2.75) is 30.0 Å². The molecule has 0 aliphatic carbocycles. The molecule has 1 heterocycles. The fourth-order valence-electron chi connectivity index (χ4n) is 1.14. The predicted molar refractivity (Wildman–Crippen MR) is 39.2 cm³/mol. The molecule has 20 heavy (non-hydrogen) atoms. The summed E-state index contributed by atoms with van der Waals surface area (Å²) in [5.74, 6) is -21.5. The van der Waals surface area contributed by atoms with E-state index in [4.69, 9.17) is 0 Å². The van der Waals surface area contributed by atoms with Crippen molar-refractivity contribution in [3.8, 4) is 0 Å². The third-order valence-electron chi connectivity index (χ3n) is 2.08. The number of ether oxygens (including phenoxy) is 1. The summed E-state index contributed by atoms with van der Waals surface area (Å²) >= 11 is 0. The lowest BCUT2D eigenvalue weighted by atomic mass is 10.0. The molecule has 1 aliphatic heterocycles. The number of alkyl halides is 11. The second-order valence-corrected chi connectivity index (χ2v) is 3.59. The van der Waals surface area contributed by atoms with E-state index in [1.54, 1.807) is 0 Å². The largest absolute Gasteiger partial charge is 0.467 e. The van der Waals surface area contributed by atoms with Gasteiger partial charge in [0.05, 0.1) is 0 Å². The third kappa shape index (κ3) is 2.26. The van der Waals surface area contributed by atoms with Crippen molar-refractivity contribution in [2.75, 3.05) is 6.61 Å². The van der Waals surface area contributed by atoms with Crippen LogP contribution in [0.25, 0.3) is 0 Å². The molecule has 1 unspecified atom stereocenters. The molecule has 0 aromatic heterocycles. The van der Waals surface area contributed by atoms with Gasteiger partial charge in [0.1, 0.15) is 0 Å². The summed E-state index contributed by atoms with van der Waals surface area (Å²) in [4.78, 5) is 1.30. The van der Waals surface area contributed by atoms with Crippen LogP contribution in [0.5, 0.6) is 0 Å². The molecule has 118 valence electrons. The van der Waals surface area contributed by atoms with Gasteiger partial charge in [0.15, 0.2) is 6.61 Å². The Morgan fingerprint density at radius 3 is 1.65 bits per heavy atom. The molecule has 0 saturated carbocycles. The summed E-state index contributed by atoms with van der Waals surface area (Å²) in [6.07, 6.45) is -11.9. The maximum absolute atomic E-state index is 13.1. The lowest BCUT2D eigenvalue weighted by molar-refractivity contribution is -0.326. The maximum Gasteiger partial charge on any atom is 0.450 e. The quantitative estimate of drug-likeness (QED) is 0.534. The van der Waals surface area contributed by atoms with E-state index in [9.17, 15) is 48.3 Å². The molecule has 0 N–H and O–H groups in total. The van der Waals surface area contributed by atoms with Crippen LogP contribution in [-0.2, 0) is 4.74 Å². The zero-order chi connectivity index (χ0) is 16.2. The molecule has 0 bridgehead atoms. The number of halogens is 11. The molecule has 1 rings (SSSR count). The molecule has 0 saturated heterocycles. The molecule has 1 aliphatic rings. The van der Waals surface area contributed by atoms with Gasteiger partial charge in [0.2, 0.25) is 0 Å². The molecule has 1 atom stereocenters. The van der Waals surface area contributed by atoms with Crippen LogP contribution in [0, 0.1) is 0 Å². The van der Waals surface area contributed by atoms with Gasteiger partial charge in [-0.15, -0.1) is 0 Å². The highest BCUT2D eigenvalue weighted by atomic mass is 19.4. The monoisotopic (exact) mass is 325 g/mol. The highest BCUT2D eigenvalue weighted by Gasteiger charge is 2.87. The molecule has 0 aromatic rings. The highest BCUT2D eigenvalue weighted by Crippen LogP contribution is 2.57. The third-order valence-corrected chi connectivity index (χ3v) is 2.08. The summed E-state index contributed by atoms with van der Waals surface area (Å²) in [5, 5.41) is 0. The molecule has 0 aromatic carbocycles. The lowest BCUT2D eigenvalue weighted by Crippen LogP contribution is -2.59. The second kappa shape index (κ2) is 4.10. The topological polar surface area (TPSA) is 21.6 Å². The Balaban J connectivity index is 3.22. The van der Waals surface area contributed by atoms with Gasteiger partial charge in [-0.25, -0.2) is 4.39 Å². The Hall–Kier alpha value is -1.30. The Bertz CT molecular complexity index is 421. The Labute approximate surface area is 102 Å². The molecular formula is C7H2F11NO. The molecule has 13 heteroatoms. The van der Waals surface area contributed by atoms with Crippen molar-refractivity contribution >= 4 is 5.90 Å². The first kappa shape index (κ1) is 16.8. The molecular weight excluding hydrogens is 323 g/mol. The summed E-state index contributed by atoms with van der Waals surface area (Å²) < 4.78 is 139. The highest BCUT2D eigenvalue weighted by molar-refractivity contribution is 5.88. The number of aliphatic imine (C=N–C) groups is 1. The average molecular weight is 325 g/mol. The number of rotatable bonds is 1. The smallest absolute Gasteiger partial charge is 0.450 e. The van der Waals surface area contributed by atoms with E-state index in [-0.39, 0.29) is 0 Å². The zero-order valence-electron chi connectivity index (χ0n) is 8.72. The minimum atomic E-state index is -6.58. The average Bonchev–Trinajstić information content (AvgIpc) is 2.32. The van der Waals surface area contributed by atoms with E-state index in [0.29, 0.717) is 0 Å². The zero-order valence-corrected chi connectivity index (χ0v) is 8.72. The molecule has 0 radical (unpaired) electrons. The van der Waals surface area contributed by atoms with Gasteiger partial charge in [-0.2, -0.15) is 48.9 Å². The van der Waals surface area contributed by atoms with Crippen LogP contribution < -0.4 is 0 Å². The molecule has 0 fully saturated rings. The Morgan fingerprint density at radius 1 is 0.900 bits per heavy atom. The van der Waals surface area contributed by atoms with Crippen LogP contribution in [0.3, 0.4) is 0 Å². The van der Waals surface area contributed by atoms with E-state index >= 15 is 0 Å². The van der Waals surface area contributed by atoms with Crippen molar-refractivity contribution in [1.29, 1.82) is 0 Å². The fourth-order valence-corrected chi connectivity index (χ4v) is 1.14. The van der Waals surface area contributed by atoms with E-state index in [1.165, 1.54) is 4.99 Å². The van der Waals surface area contributed by atoms with Gasteiger partial charge >= 0.3 is 30.0 Å². The van der Waals surface area contributed by atoms with Crippen molar-refractivity contribution in [1.82, 2.24) is 0 Å². The first-order chi connectivity index (χ1) is 8.56. The van der Waals surface area contributed by atoms with Crippen molar-refractivity contribution in [3.63, 3.8) is 0 Å². The van der Waals surface area contributed by atoms with Gasteiger partial charge < -0.3 is 4.74 Å². The van der Waals surface area contributed by atoms with E-state index in [0.717, 1.165) is 0 Å². The minimum absolute atomic E-state index is 1.30. The lowest BCUT2D eigenvalue weighted by Gasteiger charge is -2.28. The first-order valence-electron chi connectivity index (χ1n) is 4.37. The normalized spacial score (nSPS) is 29.2. The standard InChI is InChI=1S/C7H2F11NO/c8-3(9,10)1-20-2-4(11,12)5(13,14)6(15,19-2)7(16,17)18/h1H2. The Kier molecular flexibility index (Phi) is 3.43. The number of nitrogens with zero attached hydrogens (tertiary/aromatic N) is 1. The van der Waals surface area contributed by atoms with Gasteiger partial charge in [0, 0.05) is 0 Å². The number of hydrogen-bond donors (Lipinski definition) is 0. The van der Waals surface area contributed by atoms with Gasteiger partial charge in [-0.1, -0.05) is 0 Å². The summed E-state index contributed by atoms with van der Waals surface area (Å²) in [7, 11) is 0.